The summed E-state index contributed by atoms with van der Waals surface area (Å²) < 4.78 is 10.5. The average molecular weight is 360 g/mol. The quantitative estimate of drug-likeness (QED) is 0.757. The number of amides is 1. The van der Waals surface area contributed by atoms with Crippen molar-refractivity contribution in [2.45, 2.75) is 19.8 Å². The predicted molar refractivity (Wildman–Crippen MR) is 87.9 cm³/mol. The van der Waals surface area contributed by atoms with Crippen LogP contribution in [-0.4, -0.2) is 43.1 Å². The highest BCUT2D eigenvalue weighted by atomic mass is 35.5. The van der Waals surface area contributed by atoms with Crippen LogP contribution in [0.25, 0.3) is 0 Å². The summed E-state index contributed by atoms with van der Waals surface area (Å²) >= 11 is 12.0. The van der Waals surface area contributed by atoms with Crippen LogP contribution in [0.2, 0.25) is 10.0 Å². The zero-order valence-corrected chi connectivity index (χ0v) is 14.4. The predicted octanol–water partition coefficient (Wildman–Crippen LogP) is 3.17. The molecule has 0 saturated carbocycles. The lowest BCUT2D eigenvalue weighted by Gasteiger charge is -2.30. The van der Waals surface area contributed by atoms with Crippen LogP contribution in [0.3, 0.4) is 0 Å². The van der Waals surface area contributed by atoms with Gasteiger partial charge in [0.15, 0.2) is 12.4 Å². The fourth-order valence-electron chi connectivity index (χ4n) is 2.47. The second-order valence-electron chi connectivity index (χ2n) is 5.25. The molecule has 7 heteroatoms. The molecular formula is C16H19Cl2NO4. The van der Waals surface area contributed by atoms with E-state index in [4.69, 9.17) is 32.7 Å². The number of nitrogens with zero attached hydrogens (tertiary/aromatic N) is 1. The highest BCUT2D eigenvalue weighted by molar-refractivity contribution is 6.37. The molecule has 23 heavy (non-hydrogen) atoms. The van der Waals surface area contributed by atoms with Gasteiger partial charge in [-0.2, -0.15) is 0 Å². The number of hydrogen-bond donors (Lipinski definition) is 0. The third kappa shape index (κ3) is 4.75. The molecule has 2 rings (SSSR count). The van der Waals surface area contributed by atoms with Crippen LogP contribution < -0.4 is 4.74 Å². The highest BCUT2D eigenvalue weighted by Crippen LogP contribution is 2.32. The Hall–Kier alpha value is -1.46. The Balaban J connectivity index is 1.83. The number of benzene rings is 1. The standard InChI is InChI=1S/C16H19Cl2NO4/c1-2-22-16(21)11-6-8-19(9-7-11)14(20)10-23-15-12(17)4-3-5-13(15)18/h3-5,11H,2,6-10H2,1H3. The van der Waals surface area contributed by atoms with Crippen LogP contribution in [0.5, 0.6) is 5.75 Å². The van der Waals surface area contributed by atoms with Crippen LogP contribution in [0.4, 0.5) is 0 Å². The molecular weight excluding hydrogens is 341 g/mol. The zero-order chi connectivity index (χ0) is 16.8. The smallest absolute Gasteiger partial charge is 0.309 e. The Morgan fingerprint density at radius 3 is 2.39 bits per heavy atom. The van der Waals surface area contributed by atoms with Gasteiger partial charge < -0.3 is 14.4 Å². The second-order valence-corrected chi connectivity index (χ2v) is 6.06. The molecule has 1 heterocycles. The van der Waals surface area contributed by atoms with E-state index < -0.39 is 0 Å². The molecule has 126 valence electrons. The topological polar surface area (TPSA) is 55.8 Å². The normalized spacial score (nSPS) is 15.3. The van der Waals surface area contributed by atoms with Gasteiger partial charge >= 0.3 is 5.97 Å². The van der Waals surface area contributed by atoms with Gasteiger partial charge in [-0.1, -0.05) is 29.3 Å². The molecule has 1 amide bonds. The van der Waals surface area contributed by atoms with Crippen molar-refractivity contribution < 1.29 is 19.1 Å². The van der Waals surface area contributed by atoms with Crippen molar-refractivity contribution in [1.29, 1.82) is 0 Å². The number of rotatable bonds is 5. The number of carbonyl (C=O) groups is 2. The van der Waals surface area contributed by atoms with Crippen molar-refractivity contribution in [1.82, 2.24) is 4.90 Å². The number of ether oxygens (including phenoxy) is 2. The number of para-hydroxylation sites is 1. The number of carbonyl (C=O) groups excluding carboxylic acids is 2. The summed E-state index contributed by atoms with van der Waals surface area (Å²) in [5.74, 6) is -0.148. The van der Waals surface area contributed by atoms with Crippen molar-refractivity contribution in [2.75, 3.05) is 26.3 Å². The van der Waals surface area contributed by atoms with Crippen LogP contribution in [-0.2, 0) is 14.3 Å². The molecule has 0 radical (unpaired) electrons. The van der Waals surface area contributed by atoms with Crippen LogP contribution in [0.1, 0.15) is 19.8 Å². The molecule has 0 N–H and O–H groups in total. The maximum Gasteiger partial charge on any atom is 0.309 e. The lowest BCUT2D eigenvalue weighted by Crippen LogP contribution is -2.42. The van der Waals surface area contributed by atoms with Crippen molar-refractivity contribution in [2.24, 2.45) is 5.92 Å². The lowest BCUT2D eigenvalue weighted by atomic mass is 9.97. The van der Waals surface area contributed by atoms with Gasteiger partial charge in [-0.15, -0.1) is 0 Å². The lowest BCUT2D eigenvalue weighted by molar-refractivity contribution is -0.151. The summed E-state index contributed by atoms with van der Waals surface area (Å²) in [7, 11) is 0. The first-order valence-corrected chi connectivity index (χ1v) is 8.29. The minimum absolute atomic E-state index is 0.127. The molecule has 1 fully saturated rings. The van der Waals surface area contributed by atoms with Gasteiger partial charge in [0.25, 0.3) is 5.91 Å². The summed E-state index contributed by atoms with van der Waals surface area (Å²) in [5.41, 5.74) is 0. The van der Waals surface area contributed by atoms with Gasteiger partial charge in [-0.3, -0.25) is 9.59 Å². The van der Waals surface area contributed by atoms with Crippen molar-refractivity contribution in [3.05, 3.63) is 28.2 Å². The SMILES string of the molecule is CCOC(=O)C1CCN(C(=O)COc2c(Cl)cccc2Cl)CC1. The number of hydrogen-bond acceptors (Lipinski definition) is 4. The summed E-state index contributed by atoms with van der Waals surface area (Å²) in [4.78, 5) is 25.6. The van der Waals surface area contributed by atoms with E-state index in [2.05, 4.69) is 0 Å². The van der Waals surface area contributed by atoms with Gasteiger partial charge in [-0.25, -0.2) is 0 Å². The maximum atomic E-state index is 12.2. The molecule has 0 atom stereocenters. The van der Waals surface area contributed by atoms with Crippen LogP contribution >= 0.6 is 23.2 Å². The first-order valence-electron chi connectivity index (χ1n) is 7.54. The van der Waals surface area contributed by atoms with E-state index in [1.165, 1.54) is 0 Å². The second kappa shape index (κ2) is 8.41. The molecule has 1 aliphatic rings. The Labute approximate surface area is 145 Å². The van der Waals surface area contributed by atoms with E-state index in [0.717, 1.165) is 0 Å². The zero-order valence-electron chi connectivity index (χ0n) is 12.9. The van der Waals surface area contributed by atoms with E-state index >= 15 is 0 Å². The minimum Gasteiger partial charge on any atom is -0.481 e. The molecule has 1 saturated heterocycles. The van der Waals surface area contributed by atoms with E-state index in [-0.39, 0.29) is 24.4 Å². The fourth-order valence-corrected chi connectivity index (χ4v) is 2.98. The van der Waals surface area contributed by atoms with Crippen molar-refractivity contribution in [3.63, 3.8) is 0 Å². The Bertz CT molecular complexity index is 551. The van der Waals surface area contributed by atoms with Crippen molar-refractivity contribution in [3.8, 4) is 5.75 Å². The van der Waals surface area contributed by atoms with Crippen LogP contribution in [0.15, 0.2) is 18.2 Å². The number of esters is 1. The molecule has 1 aromatic rings. The molecule has 1 aliphatic heterocycles. The largest absolute Gasteiger partial charge is 0.481 e. The van der Waals surface area contributed by atoms with E-state index in [9.17, 15) is 9.59 Å². The molecule has 0 spiro atoms. The van der Waals surface area contributed by atoms with E-state index in [0.29, 0.717) is 48.3 Å². The molecule has 0 aliphatic carbocycles. The molecule has 5 nitrogen and oxygen atoms in total. The number of likely N-dealkylation sites (tertiary alicyclic amines) is 1. The number of piperidine rings is 1. The first-order chi connectivity index (χ1) is 11.0. The Morgan fingerprint density at radius 1 is 1.22 bits per heavy atom. The van der Waals surface area contributed by atoms with E-state index in [1.807, 2.05) is 0 Å². The Morgan fingerprint density at radius 2 is 1.83 bits per heavy atom. The van der Waals surface area contributed by atoms with Gasteiger partial charge in [0.1, 0.15) is 0 Å². The molecule has 0 aromatic heterocycles. The van der Waals surface area contributed by atoms with Gasteiger partial charge in [0.2, 0.25) is 0 Å². The highest BCUT2D eigenvalue weighted by Gasteiger charge is 2.28. The Kier molecular flexibility index (Phi) is 6.54. The molecule has 0 bridgehead atoms. The summed E-state index contributed by atoms with van der Waals surface area (Å²) in [5, 5.41) is 0.734. The summed E-state index contributed by atoms with van der Waals surface area (Å²) in [6.07, 6.45) is 1.22. The monoisotopic (exact) mass is 359 g/mol. The average Bonchev–Trinajstić information content (AvgIpc) is 2.54. The van der Waals surface area contributed by atoms with Crippen molar-refractivity contribution >= 4 is 35.1 Å². The molecule has 0 unspecified atom stereocenters. The van der Waals surface area contributed by atoms with Gasteiger partial charge in [0, 0.05) is 13.1 Å². The van der Waals surface area contributed by atoms with Crippen LogP contribution in [0, 0.1) is 5.92 Å². The number of halogens is 2. The first kappa shape index (κ1) is 17.9. The van der Waals surface area contributed by atoms with Gasteiger partial charge in [0.05, 0.1) is 22.6 Å². The third-order valence-electron chi connectivity index (χ3n) is 3.73. The fraction of sp³-hybridized carbons (Fsp3) is 0.500. The maximum absolute atomic E-state index is 12.2. The third-order valence-corrected chi connectivity index (χ3v) is 4.32. The summed E-state index contributed by atoms with van der Waals surface area (Å²) in [6, 6.07) is 5.01. The van der Waals surface area contributed by atoms with Gasteiger partial charge in [-0.05, 0) is 31.9 Å². The van der Waals surface area contributed by atoms with E-state index in [1.54, 1.807) is 30.0 Å². The minimum atomic E-state index is -0.182. The molecule has 1 aromatic carbocycles. The summed E-state index contributed by atoms with van der Waals surface area (Å²) in [6.45, 7) is 3.07.